The molecule has 45 heavy (non-hydrogen) atoms. The maximum absolute atomic E-state index is 13.6. The number of primary amides is 1. The molecule has 1 unspecified atom stereocenters. The SMILES string of the molecule is CCCN(CCC)C(=O)C1=CC=CC(C(N)=O)([C@H](Cc2ccccc2)[C@@H](O)CNCc2c(Cl)cccc2Oc2ccccc2)C1. The van der Waals surface area contributed by atoms with E-state index in [1.165, 1.54) is 0 Å². The zero-order valence-electron chi connectivity index (χ0n) is 26.1. The lowest BCUT2D eigenvalue weighted by molar-refractivity contribution is -0.132. The number of carbonyl (C=O) groups is 2. The Morgan fingerprint density at radius 3 is 2.31 bits per heavy atom. The number of rotatable bonds is 16. The van der Waals surface area contributed by atoms with Gasteiger partial charge in [0.25, 0.3) is 0 Å². The highest BCUT2D eigenvalue weighted by molar-refractivity contribution is 6.31. The molecule has 1 aliphatic rings. The van der Waals surface area contributed by atoms with Gasteiger partial charge in [-0.1, -0.05) is 98.3 Å². The summed E-state index contributed by atoms with van der Waals surface area (Å²) in [4.78, 5) is 28.9. The first kappa shape index (κ1) is 34.0. The minimum absolute atomic E-state index is 0.0931. The Morgan fingerprint density at radius 2 is 1.67 bits per heavy atom. The highest BCUT2D eigenvalue weighted by atomic mass is 35.5. The number of nitrogens with one attached hydrogen (secondary N) is 1. The maximum atomic E-state index is 13.6. The van der Waals surface area contributed by atoms with Crippen LogP contribution in [0.2, 0.25) is 5.02 Å². The van der Waals surface area contributed by atoms with Crippen LogP contribution < -0.4 is 15.8 Å². The highest BCUT2D eigenvalue weighted by Gasteiger charge is 2.47. The summed E-state index contributed by atoms with van der Waals surface area (Å²) in [5, 5.41) is 15.7. The summed E-state index contributed by atoms with van der Waals surface area (Å²) in [6, 6.07) is 24.7. The van der Waals surface area contributed by atoms with Gasteiger partial charge in [-0.15, -0.1) is 0 Å². The van der Waals surface area contributed by atoms with Gasteiger partial charge in [-0.05, 0) is 55.5 Å². The first-order valence-corrected chi connectivity index (χ1v) is 16.1. The van der Waals surface area contributed by atoms with Gasteiger partial charge < -0.3 is 25.8 Å². The average Bonchev–Trinajstić information content (AvgIpc) is 3.05. The van der Waals surface area contributed by atoms with Gasteiger partial charge in [-0.3, -0.25) is 9.59 Å². The van der Waals surface area contributed by atoms with Crippen LogP contribution in [0.4, 0.5) is 0 Å². The molecule has 2 amide bonds. The smallest absolute Gasteiger partial charge is 0.249 e. The van der Waals surface area contributed by atoms with Crippen molar-refractivity contribution < 1.29 is 19.4 Å². The first-order chi connectivity index (χ1) is 21.8. The summed E-state index contributed by atoms with van der Waals surface area (Å²) in [6.07, 6.45) is 6.48. The van der Waals surface area contributed by atoms with Gasteiger partial charge in [0.05, 0.1) is 11.5 Å². The van der Waals surface area contributed by atoms with Gasteiger partial charge in [0, 0.05) is 48.3 Å². The van der Waals surface area contributed by atoms with E-state index in [2.05, 4.69) is 5.32 Å². The van der Waals surface area contributed by atoms with Gasteiger partial charge in [0.1, 0.15) is 11.5 Å². The number of carbonyl (C=O) groups excluding carboxylic acids is 2. The number of amides is 2. The second kappa shape index (κ2) is 16.4. The van der Waals surface area contributed by atoms with Crippen molar-refractivity contribution in [3.05, 3.63) is 119 Å². The number of benzene rings is 3. The van der Waals surface area contributed by atoms with Crippen molar-refractivity contribution in [3.63, 3.8) is 0 Å². The quantitative estimate of drug-likeness (QED) is 0.169. The third-order valence-corrected chi connectivity index (χ3v) is 8.66. The molecular formula is C37H44ClN3O4. The number of ether oxygens (including phenoxy) is 1. The van der Waals surface area contributed by atoms with Crippen LogP contribution in [0.5, 0.6) is 11.5 Å². The van der Waals surface area contributed by atoms with Gasteiger partial charge in [0.2, 0.25) is 11.8 Å². The number of aliphatic hydroxyl groups is 1. The Labute approximate surface area is 271 Å². The van der Waals surface area contributed by atoms with Crippen molar-refractivity contribution in [2.24, 2.45) is 17.1 Å². The fourth-order valence-corrected chi connectivity index (χ4v) is 6.25. The van der Waals surface area contributed by atoms with E-state index in [1.807, 2.05) is 91.5 Å². The molecule has 0 aliphatic heterocycles. The normalized spacial score (nSPS) is 17.3. The molecule has 0 fully saturated rings. The Morgan fingerprint density at radius 1 is 1.00 bits per heavy atom. The molecule has 0 heterocycles. The molecular weight excluding hydrogens is 586 g/mol. The second-order valence-corrected chi connectivity index (χ2v) is 12.0. The van der Waals surface area contributed by atoms with Crippen LogP contribution in [0.25, 0.3) is 0 Å². The number of hydrogen-bond acceptors (Lipinski definition) is 5. The van der Waals surface area contributed by atoms with E-state index >= 15 is 0 Å². The van der Waals surface area contributed by atoms with Crippen molar-refractivity contribution >= 4 is 23.4 Å². The molecule has 8 heteroatoms. The largest absolute Gasteiger partial charge is 0.457 e. The van der Waals surface area contributed by atoms with E-state index in [-0.39, 0.29) is 18.9 Å². The summed E-state index contributed by atoms with van der Waals surface area (Å²) >= 11 is 6.59. The Balaban J connectivity index is 1.58. The van der Waals surface area contributed by atoms with E-state index in [4.69, 9.17) is 22.1 Å². The maximum Gasteiger partial charge on any atom is 0.249 e. The van der Waals surface area contributed by atoms with Crippen molar-refractivity contribution in [2.75, 3.05) is 19.6 Å². The molecule has 7 nitrogen and oxygen atoms in total. The van der Waals surface area contributed by atoms with Crippen molar-refractivity contribution in [1.82, 2.24) is 10.2 Å². The molecule has 0 aromatic heterocycles. The molecule has 4 N–H and O–H groups in total. The zero-order valence-corrected chi connectivity index (χ0v) is 26.9. The van der Waals surface area contributed by atoms with E-state index in [9.17, 15) is 14.7 Å². The molecule has 0 bridgehead atoms. The van der Waals surface area contributed by atoms with E-state index in [1.54, 1.807) is 24.3 Å². The number of nitrogens with zero attached hydrogens (tertiary/aromatic N) is 1. The van der Waals surface area contributed by atoms with Crippen LogP contribution in [0, 0.1) is 11.3 Å². The summed E-state index contributed by atoms with van der Waals surface area (Å²) in [5.41, 5.74) is 7.14. The molecule has 3 aromatic rings. The van der Waals surface area contributed by atoms with Crippen molar-refractivity contribution in [1.29, 1.82) is 0 Å². The monoisotopic (exact) mass is 629 g/mol. The Bertz CT molecular complexity index is 1470. The van der Waals surface area contributed by atoms with Gasteiger partial charge in [-0.2, -0.15) is 0 Å². The topological polar surface area (TPSA) is 105 Å². The minimum atomic E-state index is -1.27. The summed E-state index contributed by atoms with van der Waals surface area (Å²) in [6.45, 7) is 5.82. The van der Waals surface area contributed by atoms with Crippen LogP contribution in [-0.4, -0.2) is 47.6 Å². The van der Waals surface area contributed by atoms with Crippen LogP contribution in [0.15, 0.2) is 103 Å². The molecule has 4 rings (SSSR count). The lowest BCUT2D eigenvalue weighted by Gasteiger charge is -2.41. The fourth-order valence-electron chi connectivity index (χ4n) is 6.02. The number of hydrogen-bond donors (Lipinski definition) is 3. The predicted octanol–water partition coefficient (Wildman–Crippen LogP) is 6.45. The predicted molar refractivity (Wildman–Crippen MR) is 180 cm³/mol. The number of halogens is 1. The van der Waals surface area contributed by atoms with Crippen LogP contribution >= 0.6 is 11.6 Å². The van der Waals surface area contributed by atoms with Crippen LogP contribution in [0.1, 0.15) is 44.2 Å². The Hall–Kier alpha value is -3.91. The fraction of sp³-hybridized carbons (Fsp3) is 0.351. The van der Waals surface area contributed by atoms with Crippen molar-refractivity contribution in [3.8, 4) is 11.5 Å². The van der Waals surface area contributed by atoms with E-state index in [0.29, 0.717) is 48.1 Å². The number of allylic oxidation sites excluding steroid dienone is 2. The van der Waals surface area contributed by atoms with Gasteiger partial charge in [0.15, 0.2) is 0 Å². The molecule has 0 spiro atoms. The molecule has 0 saturated carbocycles. The van der Waals surface area contributed by atoms with E-state index < -0.39 is 23.3 Å². The number of aliphatic hydroxyl groups excluding tert-OH is 1. The third kappa shape index (κ3) is 8.63. The first-order valence-electron chi connectivity index (χ1n) is 15.7. The molecule has 238 valence electrons. The Kier molecular flexibility index (Phi) is 12.4. The van der Waals surface area contributed by atoms with Crippen LogP contribution in [-0.2, 0) is 22.6 Å². The van der Waals surface area contributed by atoms with Gasteiger partial charge >= 0.3 is 0 Å². The van der Waals surface area contributed by atoms with Gasteiger partial charge in [-0.25, -0.2) is 0 Å². The third-order valence-electron chi connectivity index (χ3n) is 8.31. The van der Waals surface area contributed by atoms with Crippen molar-refractivity contribution in [2.45, 2.75) is 52.2 Å². The van der Waals surface area contributed by atoms with Crippen LogP contribution in [0.3, 0.4) is 0 Å². The minimum Gasteiger partial charge on any atom is -0.457 e. The lowest BCUT2D eigenvalue weighted by Crippen LogP contribution is -2.51. The highest BCUT2D eigenvalue weighted by Crippen LogP contribution is 2.43. The lowest BCUT2D eigenvalue weighted by atomic mass is 9.64. The molecule has 0 radical (unpaired) electrons. The molecule has 3 aromatic carbocycles. The molecule has 1 aliphatic carbocycles. The number of nitrogens with two attached hydrogens (primary N) is 1. The van der Waals surface area contributed by atoms with E-state index in [0.717, 1.165) is 24.0 Å². The standard InChI is InChI=1S/C37H44ClN3O4/c1-3-21-41(22-4-2)35(43)28-15-12-20-37(24-28,36(39)44)31(23-27-13-7-5-8-14-27)33(42)26-40-25-30-32(38)18-11-19-34(30)45-29-16-9-6-10-17-29/h5-20,31,33,40,42H,3-4,21-26H2,1-2H3,(H2,39,44)/t31-,33+,37?/m1/s1. The summed E-state index contributed by atoms with van der Waals surface area (Å²) in [7, 11) is 0. The summed E-state index contributed by atoms with van der Waals surface area (Å²) in [5.74, 6) is 0.0159. The molecule has 0 saturated heterocycles. The summed E-state index contributed by atoms with van der Waals surface area (Å²) < 4.78 is 6.11. The second-order valence-electron chi connectivity index (χ2n) is 11.6. The zero-order chi connectivity index (χ0) is 32.2. The average molecular weight is 630 g/mol. The number of para-hydroxylation sites is 1. The molecule has 3 atom stereocenters.